The smallest absolute Gasteiger partial charge is 0.293 e. The molecule has 0 atom stereocenters. The molecule has 0 bridgehead atoms. The number of rotatable bonds is 3. The third kappa shape index (κ3) is 2.78. The molecule has 4 nitrogen and oxygen atoms in total. The number of aryl methyl sites for hydroxylation is 1. The van der Waals surface area contributed by atoms with Crippen molar-refractivity contribution in [2.45, 2.75) is 13.5 Å². The Balaban J connectivity index is 1.83. The van der Waals surface area contributed by atoms with E-state index in [1.54, 1.807) is 18.2 Å². The van der Waals surface area contributed by atoms with Crippen LogP contribution in [0.15, 0.2) is 52.0 Å². The van der Waals surface area contributed by atoms with E-state index in [0.717, 1.165) is 22.9 Å². The van der Waals surface area contributed by atoms with Gasteiger partial charge in [0.25, 0.3) is 11.1 Å². The topological polar surface area (TPSA) is 50.5 Å². The van der Waals surface area contributed by atoms with E-state index in [1.807, 2.05) is 31.2 Å². The molecule has 1 aliphatic rings. The van der Waals surface area contributed by atoms with E-state index in [4.69, 9.17) is 4.42 Å². The Morgan fingerprint density at radius 3 is 2.71 bits per heavy atom. The number of hydrogen-bond acceptors (Lipinski definition) is 4. The maximum atomic E-state index is 12.3. The van der Waals surface area contributed by atoms with Crippen LogP contribution in [0.5, 0.6) is 0 Å². The van der Waals surface area contributed by atoms with Gasteiger partial charge in [-0.2, -0.15) is 0 Å². The molecule has 0 aliphatic carbocycles. The van der Waals surface area contributed by atoms with Gasteiger partial charge in [-0.25, -0.2) is 0 Å². The molecule has 2 heterocycles. The highest BCUT2D eigenvalue weighted by Gasteiger charge is 2.35. The van der Waals surface area contributed by atoms with Crippen molar-refractivity contribution in [3.05, 3.63) is 64.5 Å². The molecule has 2 amide bonds. The summed E-state index contributed by atoms with van der Waals surface area (Å²) in [7, 11) is 0. The molecule has 0 unspecified atom stereocenters. The average molecular weight is 299 g/mol. The number of thioether (sulfide) groups is 1. The lowest BCUT2D eigenvalue weighted by atomic mass is 10.1. The summed E-state index contributed by atoms with van der Waals surface area (Å²) in [5, 5.41) is -0.249. The van der Waals surface area contributed by atoms with Crippen molar-refractivity contribution in [2.75, 3.05) is 0 Å². The molecule has 1 aromatic heterocycles. The zero-order valence-corrected chi connectivity index (χ0v) is 12.2. The second-order valence-corrected chi connectivity index (χ2v) is 5.70. The third-order valence-corrected chi connectivity index (χ3v) is 4.19. The Labute approximate surface area is 126 Å². The third-order valence-electron chi connectivity index (χ3n) is 3.28. The van der Waals surface area contributed by atoms with Gasteiger partial charge in [0.15, 0.2) is 0 Å². The lowest BCUT2D eigenvalue weighted by Crippen LogP contribution is -2.27. The number of imide groups is 1. The van der Waals surface area contributed by atoms with Crippen molar-refractivity contribution in [2.24, 2.45) is 0 Å². The first-order valence-electron chi connectivity index (χ1n) is 6.48. The van der Waals surface area contributed by atoms with E-state index >= 15 is 0 Å². The number of carbonyl (C=O) groups excluding carboxylic acids is 2. The zero-order chi connectivity index (χ0) is 14.8. The van der Waals surface area contributed by atoms with Crippen LogP contribution in [0.4, 0.5) is 4.79 Å². The molecule has 106 valence electrons. The molecule has 0 radical (unpaired) electrons. The fourth-order valence-electron chi connectivity index (χ4n) is 2.10. The summed E-state index contributed by atoms with van der Waals surface area (Å²) in [6.45, 7) is 2.26. The van der Waals surface area contributed by atoms with Crippen LogP contribution in [0.1, 0.15) is 16.9 Å². The van der Waals surface area contributed by atoms with Crippen LogP contribution in [0.2, 0.25) is 0 Å². The first-order valence-corrected chi connectivity index (χ1v) is 7.30. The molecule has 1 saturated heterocycles. The maximum Gasteiger partial charge on any atom is 0.293 e. The average Bonchev–Trinajstić information content (AvgIpc) is 3.05. The van der Waals surface area contributed by atoms with E-state index in [2.05, 4.69) is 0 Å². The molecular formula is C16H13NO3S. The van der Waals surface area contributed by atoms with Crippen molar-refractivity contribution >= 4 is 29.0 Å². The molecular weight excluding hydrogens is 286 g/mol. The fraction of sp³-hybridized carbons (Fsp3) is 0.125. The van der Waals surface area contributed by atoms with E-state index < -0.39 is 0 Å². The highest BCUT2D eigenvalue weighted by atomic mass is 32.2. The maximum absolute atomic E-state index is 12.3. The molecule has 2 aromatic rings. The van der Waals surface area contributed by atoms with Gasteiger partial charge in [-0.15, -0.1) is 0 Å². The van der Waals surface area contributed by atoms with Gasteiger partial charge in [0.1, 0.15) is 5.76 Å². The van der Waals surface area contributed by atoms with E-state index in [-0.39, 0.29) is 11.1 Å². The van der Waals surface area contributed by atoms with E-state index in [9.17, 15) is 9.59 Å². The van der Waals surface area contributed by atoms with E-state index in [1.165, 1.54) is 11.2 Å². The largest absolute Gasteiger partial charge is 0.465 e. The van der Waals surface area contributed by atoms with Gasteiger partial charge in [-0.3, -0.25) is 14.5 Å². The molecule has 21 heavy (non-hydrogen) atoms. The van der Waals surface area contributed by atoms with Crippen LogP contribution in [0, 0.1) is 6.92 Å². The predicted molar refractivity (Wildman–Crippen MR) is 81.4 cm³/mol. The van der Waals surface area contributed by atoms with Crippen molar-refractivity contribution in [3.63, 3.8) is 0 Å². The molecule has 0 saturated carbocycles. The van der Waals surface area contributed by atoms with Gasteiger partial charge in [0, 0.05) is 6.08 Å². The highest BCUT2D eigenvalue weighted by Crippen LogP contribution is 2.33. The van der Waals surface area contributed by atoms with Gasteiger partial charge < -0.3 is 4.42 Å². The van der Waals surface area contributed by atoms with Crippen LogP contribution in [0.3, 0.4) is 0 Å². The molecule has 0 N–H and O–H groups in total. The minimum Gasteiger partial charge on any atom is -0.465 e. The van der Waals surface area contributed by atoms with Crippen LogP contribution >= 0.6 is 11.8 Å². The van der Waals surface area contributed by atoms with Gasteiger partial charge >= 0.3 is 0 Å². The normalized spacial score (nSPS) is 17.0. The van der Waals surface area contributed by atoms with Crippen molar-refractivity contribution in [3.8, 4) is 0 Å². The van der Waals surface area contributed by atoms with Gasteiger partial charge in [0.05, 0.1) is 17.7 Å². The van der Waals surface area contributed by atoms with E-state index in [0.29, 0.717) is 17.2 Å². The van der Waals surface area contributed by atoms with Crippen molar-refractivity contribution in [1.82, 2.24) is 4.90 Å². The van der Waals surface area contributed by atoms with Gasteiger partial charge in [0.2, 0.25) is 0 Å². The summed E-state index contributed by atoms with van der Waals surface area (Å²) in [6.07, 6.45) is 3.13. The zero-order valence-electron chi connectivity index (χ0n) is 11.4. The number of amides is 2. The summed E-state index contributed by atoms with van der Waals surface area (Å²) in [5.41, 5.74) is 2.03. The van der Waals surface area contributed by atoms with Crippen LogP contribution in [-0.4, -0.2) is 16.0 Å². The Morgan fingerprint density at radius 1 is 1.19 bits per heavy atom. The Bertz CT molecular complexity index is 719. The molecule has 0 spiro atoms. The summed E-state index contributed by atoms with van der Waals surface area (Å²) in [4.78, 5) is 26.0. The Hall–Kier alpha value is -2.27. The highest BCUT2D eigenvalue weighted by molar-refractivity contribution is 8.18. The number of hydrogen-bond donors (Lipinski definition) is 0. The van der Waals surface area contributed by atoms with Crippen LogP contribution < -0.4 is 0 Å². The number of benzene rings is 1. The number of nitrogens with zero attached hydrogens (tertiary/aromatic N) is 1. The van der Waals surface area contributed by atoms with Gasteiger partial charge in [-0.1, -0.05) is 24.3 Å². The second kappa shape index (κ2) is 5.61. The Morgan fingerprint density at radius 2 is 2.00 bits per heavy atom. The molecule has 1 aromatic carbocycles. The minimum absolute atomic E-state index is 0.249. The summed E-state index contributed by atoms with van der Waals surface area (Å²) < 4.78 is 5.18. The summed E-state index contributed by atoms with van der Waals surface area (Å²) >= 11 is 0.944. The van der Waals surface area contributed by atoms with Crippen LogP contribution in [0.25, 0.3) is 6.08 Å². The Kier molecular flexibility index (Phi) is 3.66. The first kappa shape index (κ1) is 13.7. The standard InChI is InChI=1S/C16H13NO3S/c1-11-5-2-3-6-12(11)10-17-15(18)14(21-16(17)19)9-13-7-4-8-20-13/h2-9H,10H2,1H3/b14-9-. The number of carbonyl (C=O) groups is 2. The summed E-state index contributed by atoms with van der Waals surface area (Å²) in [5.74, 6) is 0.293. The first-order chi connectivity index (χ1) is 10.1. The fourth-order valence-corrected chi connectivity index (χ4v) is 2.92. The molecule has 3 rings (SSSR count). The van der Waals surface area contributed by atoms with Crippen LogP contribution in [-0.2, 0) is 11.3 Å². The lowest BCUT2D eigenvalue weighted by molar-refractivity contribution is -0.123. The second-order valence-electron chi connectivity index (χ2n) is 4.71. The summed E-state index contributed by atoms with van der Waals surface area (Å²) in [6, 6.07) is 11.2. The van der Waals surface area contributed by atoms with Crippen molar-refractivity contribution in [1.29, 1.82) is 0 Å². The molecule has 1 fully saturated rings. The number of furan rings is 1. The van der Waals surface area contributed by atoms with Crippen molar-refractivity contribution < 1.29 is 14.0 Å². The minimum atomic E-state index is -0.273. The quantitative estimate of drug-likeness (QED) is 0.808. The predicted octanol–water partition coefficient (Wildman–Crippen LogP) is 3.82. The molecule has 5 heteroatoms. The molecule has 1 aliphatic heterocycles. The lowest BCUT2D eigenvalue weighted by Gasteiger charge is -2.14. The monoisotopic (exact) mass is 299 g/mol. The van der Waals surface area contributed by atoms with Gasteiger partial charge in [-0.05, 0) is 41.9 Å². The SMILES string of the molecule is Cc1ccccc1CN1C(=O)S/C(=C\c2ccco2)C1=O.